The van der Waals surface area contributed by atoms with E-state index in [4.69, 9.17) is 0 Å². The summed E-state index contributed by atoms with van der Waals surface area (Å²) in [5.41, 5.74) is 4.35. The van der Waals surface area contributed by atoms with E-state index in [-0.39, 0.29) is 30.4 Å². The zero-order valence-electron chi connectivity index (χ0n) is 18.7. The van der Waals surface area contributed by atoms with Gasteiger partial charge < -0.3 is 4.90 Å². The molecule has 6 heteroatoms. The first-order valence-electron chi connectivity index (χ1n) is 11.5. The summed E-state index contributed by atoms with van der Waals surface area (Å²) in [5, 5.41) is 1.12. The number of aromatic nitrogens is 1. The first-order valence-corrected chi connectivity index (χ1v) is 11.5. The van der Waals surface area contributed by atoms with Gasteiger partial charge in [0.25, 0.3) is 0 Å². The van der Waals surface area contributed by atoms with Crippen molar-refractivity contribution >= 4 is 28.3 Å². The predicted molar refractivity (Wildman–Crippen MR) is 122 cm³/mol. The van der Waals surface area contributed by atoms with Crippen molar-refractivity contribution < 1.29 is 14.0 Å². The molecule has 0 saturated carbocycles. The van der Waals surface area contributed by atoms with E-state index in [9.17, 15) is 14.0 Å². The van der Waals surface area contributed by atoms with Crippen LogP contribution in [0.1, 0.15) is 49.5 Å². The third kappa shape index (κ3) is 3.71. The molecule has 0 radical (unpaired) electrons. The van der Waals surface area contributed by atoms with E-state index in [0.29, 0.717) is 39.0 Å². The van der Waals surface area contributed by atoms with Crippen LogP contribution in [-0.2, 0) is 11.2 Å². The van der Waals surface area contributed by atoms with E-state index in [2.05, 4.69) is 17.0 Å². The summed E-state index contributed by atoms with van der Waals surface area (Å²) in [7, 11) is 0. The third-order valence-corrected chi connectivity index (χ3v) is 6.79. The fraction of sp³-hybridized carbons (Fsp3) is 0.520. The second kappa shape index (κ2) is 8.95. The maximum absolute atomic E-state index is 13.2. The van der Waals surface area contributed by atoms with Crippen LogP contribution >= 0.6 is 0 Å². The molecule has 1 aliphatic heterocycles. The van der Waals surface area contributed by atoms with Gasteiger partial charge in [-0.25, -0.2) is 0 Å². The number of fused-ring (bicyclic) bond motifs is 2. The van der Waals surface area contributed by atoms with Crippen LogP contribution in [-0.4, -0.2) is 65.1 Å². The first-order chi connectivity index (χ1) is 15.0. The van der Waals surface area contributed by atoms with Gasteiger partial charge in [0.05, 0.1) is 18.1 Å². The Hall–Kier alpha value is -2.47. The van der Waals surface area contributed by atoms with E-state index < -0.39 is 0 Å². The van der Waals surface area contributed by atoms with E-state index in [1.807, 2.05) is 44.0 Å². The number of nitrogens with zero attached hydrogens (tertiary/aromatic N) is 3. The molecule has 31 heavy (non-hydrogen) atoms. The highest BCUT2D eigenvalue weighted by molar-refractivity contribution is 6.03. The second-order valence-corrected chi connectivity index (χ2v) is 8.47. The first kappa shape index (κ1) is 21.8. The fourth-order valence-corrected chi connectivity index (χ4v) is 5.24. The molecule has 0 fully saturated rings. The lowest BCUT2D eigenvalue weighted by Gasteiger charge is -2.42. The highest BCUT2D eigenvalue weighted by Gasteiger charge is 2.38. The van der Waals surface area contributed by atoms with Crippen LogP contribution < -0.4 is 0 Å². The van der Waals surface area contributed by atoms with E-state index in [1.165, 1.54) is 0 Å². The maximum Gasteiger partial charge on any atom is 0.230 e. The molecule has 166 valence electrons. The Morgan fingerprint density at radius 2 is 1.97 bits per heavy atom. The Morgan fingerprint density at radius 1 is 1.19 bits per heavy atom. The second-order valence-electron chi connectivity index (χ2n) is 8.47. The van der Waals surface area contributed by atoms with Crippen LogP contribution in [0.15, 0.2) is 30.5 Å². The minimum atomic E-state index is -0.362. The molecule has 5 nitrogen and oxygen atoms in total. The van der Waals surface area contributed by atoms with Crippen molar-refractivity contribution in [2.75, 3.05) is 32.9 Å². The smallest absolute Gasteiger partial charge is 0.230 e. The summed E-state index contributed by atoms with van der Waals surface area (Å²) in [5.74, 6) is -0.0176. The van der Waals surface area contributed by atoms with Crippen LogP contribution in [0.4, 0.5) is 4.39 Å². The summed E-state index contributed by atoms with van der Waals surface area (Å²) >= 11 is 0. The van der Waals surface area contributed by atoms with Gasteiger partial charge in [-0.15, -0.1) is 0 Å². The average molecular weight is 426 g/mol. The van der Waals surface area contributed by atoms with Gasteiger partial charge in [0.2, 0.25) is 11.8 Å². The van der Waals surface area contributed by atoms with E-state index >= 15 is 0 Å². The minimum absolute atomic E-state index is 0.0797. The summed E-state index contributed by atoms with van der Waals surface area (Å²) in [6.07, 6.45) is 5.82. The van der Waals surface area contributed by atoms with Crippen LogP contribution in [0.25, 0.3) is 16.5 Å². The van der Waals surface area contributed by atoms with Gasteiger partial charge in [-0.2, -0.15) is 0 Å². The maximum atomic E-state index is 13.2. The number of hydrogen-bond donors (Lipinski definition) is 0. The van der Waals surface area contributed by atoms with Gasteiger partial charge in [-0.05, 0) is 49.5 Å². The van der Waals surface area contributed by atoms with Crippen molar-refractivity contribution in [3.63, 3.8) is 0 Å². The largest absolute Gasteiger partial charge is 0.343 e. The molecule has 0 bridgehead atoms. The zero-order valence-corrected chi connectivity index (χ0v) is 18.7. The minimum Gasteiger partial charge on any atom is -0.343 e. The number of alkyl halides is 1. The number of amides is 1. The molecule has 1 unspecified atom stereocenters. The normalized spacial score (nSPS) is 20.5. The molecule has 1 aromatic heterocycles. The lowest BCUT2D eigenvalue weighted by atomic mass is 9.79. The van der Waals surface area contributed by atoms with Gasteiger partial charge in [0.1, 0.15) is 0 Å². The topological polar surface area (TPSA) is 45.6 Å². The molecular formula is C25H32FN3O2. The SMILES string of the molecule is CCC(=O)n1cc2c3c(cccc31)C1=CC(C(=O)N(CC)CC)CN(CCCF)[C@@H]1C2. The van der Waals surface area contributed by atoms with Crippen molar-refractivity contribution in [1.82, 2.24) is 14.4 Å². The van der Waals surface area contributed by atoms with Crippen LogP contribution in [0.5, 0.6) is 0 Å². The number of rotatable bonds is 7. The van der Waals surface area contributed by atoms with Crippen molar-refractivity contribution in [3.8, 4) is 0 Å². The van der Waals surface area contributed by atoms with Gasteiger partial charge in [0.15, 0.2) is 0 Å². The van der Waals surface area contributed by atoms with Gasteiger partial charge in [-0.3, -0.25) is 23.4 Å². The van der Waals surface area contributed by atoms with Crippen molar-refractivity contribution in [3.05, 3.63) is 41.6 Å². The molecule has 2 atom stereocenters. The molecule has 1 aliphatic carbocycles. The molecule has 4 rings (SSSR count). The molecule has 0 spiro atoms. The molecule has 1 aromatic carbocycles. The molecule has 2 aromatic rings. The van der Waals surface area contributed by atoms with Crippen molar-refractivity contribution in [1.29, 1.82) is 0 Å². The summed E-state index contributed by atoms with van der Waals surface area (Å²) in [6, 6.07) is 6.20. The standard InChI is InChI=1S/C25H32FN3O2/c1-4-23(30)29-16-17-14-22-20(19-9-7-10-21(29)24(17)19)13-18(15-28(22)12-8-11-26)25(31)27(5-2)6-3/h7,9-10,13,16,18,22H,4-6,8,11-12,14-15H2,1-3H3/t18?,22-/m1/s1. The lowest BCUT2D eigenvalue weighted by Crippen LogP contribution is -2.49. The highest BCUT2D eigenvalue weighted by atomic mass is 19.1. The molecule has 2 aliphatic rings. The Kier molecular flexibility index (Phi) is 6.28. The van der Waals surface area contributed by atoms with Crippen molar-refractivity contribution in [2.24, 2.45) is 5.92 Å². The molecule has 0 N–H and O–H groups in total. The van der Waals surface area contributed by atoms with Gasteiger partial charge >= 0.3 is 0 Å². The lowest BCUT2D eigenvalue weighted by molar-refractivity contribution is -0.134. The monoisotopic (exact) mass is 425 g/mol. The van der Waals surface area contributed by atoms with E-state index in [1.54, 1.807) is 4.57 Å². The molecule has 2 heterocycles. The van der Waals surface area contributed by atoms with Gasteiger partial charge in [0, 0.05) is 50.2 Å². The molecule has 1 amide bonds. The Bertz CT molecular complexity index is 1020. The number of carbonyl (C=O) groups is 2. The Morgan fingerprint density at radius 3 is 2.65 bits per heavy atom. The Labute approximate surface area is 183 Å². The number of benzene rings is 1. The van der Waals surface area contributed by atoms with Crippen LogP contribution in [0.2, 0.25) is 0 Å². The summed E-state index contributed by atoms with van der Waals surface area (Å²) < 4.78 is 14.8. The number of halogens is 1. The van der Waals surface area contributed by atoms with Crippen molar-refractivity contribution in [2.45, 2.75) is 46.1 Å². The quantitative estimate of drug-likeness (QED) is 0.669. The average Bonchev–Trinajstić information content (AvgIpc) is 3.17. The van der Waals surface area contributed by atoms with Crippen LogP contribution in [0.3, 0.4) is 0 Å². The van der Waals surface area contributed by atoms with Crippen LogP contribution in [0, 0.1) is 5.92 Å². The third-order valence-electron chi connectivity index (χ3n) is 6.79. The summed E-state index contributed by atoms with van der Waals surface area (Å²) in [4.78, 5) is 29.9. The Balaban J connectivity index is 1.83. The fourth-order valence-electron chi connectivity index (χ4n) is 5.24. The number of hydrogen-bond acceptors (Lipinski definition) is 3. The number of carbonyl (C=O) groups excluding carboxylic acids is 2. The highest BCUT2D eigenvalue weighted by Crippen LogP contribution is 2.42. The molecule has 0 saturated heterocycles. The van der Waals surface area contributed by atoms with E-state index in [0.717, 1.165) is 34.0 Å². The van der Waals surface area contributed by atoms with Gasteiger partial charge in [-0.1, -0.05) is 25.1 Å². The predicted octanol–water partition coefficient (Wildman–Crippen LogP) is 4.16. The zero-order chi connectivity index (χ0) is 22.1. The molecular weight excluding hydrogens is 393 g/mol. The summed E-state index contributed by atoms with van der Waals surface area (Å²) in [6.45, 7) is 8.13.